The van der Waals surface area contributed by atoms with Gasteiger partial charge in [-0.15, -0.1) is 0 Å². The Morgan fingerprint density at radius 3 is 2.77 bits per heavy atom. The Labute approximate surface area is 80.3 Å². The molecular weight excluding hydrogens is 160 g/mol. The number of allylic oxidation sites excluding steroid dienone is 3. The zero-order valence-electron chi connectivity index (χ0n) is 8.21. The minimum atomic E-state index is 1.09. The monoisotopic (exact) mass is 177 g/mol. The number of rotatable bonds is 1. The van der Waals surface area contributed by atoms with E-state index in [2.05, 4.69) is 35.7 Å². The predicted molar refractivity (Wildman–Crippen MR) is 55.2 cm³/mol. The highest BCUT2D eigenvalue weighted by molar-refractivity contribution is 5.34. The van der Waals surface area contributed by atoms with Crippen molar-refractivity contribution in [2.75, 3.05) is 26.2 Å². The average molecular weight is 177 g/mol. The molecule has 1 heterocycles. The molecule has 0 amide bonds. The van der Waals surface area contributed by atoms with Crippen LogP contribution in [0.5, 0.6) is 0 Å². The van der Waals surface area contributed by atoms with E-state index >= 15 is 0 Å². The molecule has 2 nitrogen and oxygen atoms in total. The summed E-state index contributed by atoms with van der Waals surface area (Å²) in [6.45, 7) is 6.74. The van der Waals surface area contributed by atoms with Crippen LogP contribution in [0.4, 0.5) is 0 Å². The summed E-state index contributed by atoms with van der Waals surface area (Å²) in [6, 6.07) is 0. The Balaban J connectivity index is 2.05. The van der Waals surface area contributed by atoms with Gasteiger partial charge in [-0.05, 0) is 25.3 Å². The van der Waals surface area contributed by atoms with Crippen LogP contribution < -0.4 is 5.32 Å². The summed E-state index contributed by atoms with van der Waals surface area (Å²) in [4.78, 5) is 2.48. The smallest absolute Gasteiger partial charge is 0.0353 e. The Morgan fingerprint density at radius 1 is 1.31 bits per heavy atom. The van der Waals surface area contributed by atoms with Crippen molar-refractivity contribution in [3.05, 3.63) is 29.8 Å². The summed E-state index contributed by atoms with van der Waals surface area (Å²) < 4.78 is 0. The van der Waals surface area contributed by atoms with Gasteiger partial charge in [0.2, 0.25) is 0 Å². The first-order valence-corrected chi connectivity index (χ1v) is 5.04. The van der Waals surface area contributed by atoms with E-state index in [9.17, 15) is 0 Å². The molecule has 1 saturated heterocycles. The van der Waals surface area contributed by atoms with Crippen molar-refractivity contribution in [2.45, 2.75) is 13.3 Å². The lowest BCUT2D eigenvalue weighted by molar-refractivity contribution is 0.302. The molecular formula is C11H17N2. The van der Waals surface area contributed by atoms with E-state index in [1.807, 2.05) is 0 Å². The zero-order chi connectivity index (χ0) is 9.10. The third-order valence-corrected chi connectivity index (χ3v) is 2.68. The second kappa shape index (κ2) is 3.97. The summed E-state index contributed by atoms with van der Waals surface area (Å²) in [5, 5.41) is 3.37. The molecule has 0 bridgehead atoms. The Bertz CT molecular complexity index is 234. The fourth-order valence-corrected chi connectivity index (χ4v) is 1.96. The minimum Gasteiger partial charge on any atom is -0.369 e. The van der Waals surface area contributed by atoms with Gasteiger partial charge in [0.05, 0.1) is 0 Å². The number of nitrogens with one attached hydrogen (secondary N) is 1. The third kappa shape index (κ3) is 1.94. The van der Waals surface area contributed by atoms with Crippen molar-refractivity contribution in [3.63, 3.8) is 0 Å². The molecule has 2 aliphatic rings. The Hall–Kier alpha value is -0.760. The number of hydrogen-bond donors (Lipinski definition) is 1. The molecule has 0 saturated carbocycles. The summed E-state index contributed by atoms with van der Waals surface area (Å²) >= 11 is 0. The second-order valence-electron chi connectivity index (χ2n) is 3.65. The SMILES string of the molecule is CC1=C[CH]CC=C1N1CCNCC1. The van der Waals surface area contributed by atoms with E-state index in [0.717, 1.165) is 32.6 Å². The molecule has 1 aliphatic heterocycles. The summed E-state index contributed by atoms with van der Waals surface area (Å²) in [7, 11) is 0. The van der Waals surface area contributed by atoms with Crippen LogP contribution in [0.25, 0.3) is 0 Å². The minimum absolute atomic E-state index is 1.09. The van der Waals surface area contributed by atoms with Crippen molar-refractivity contribution in [2.24, 2.45) is 0 Å². The van der Waals surface area contributed by atoms with Gasteiger partial charge < -0.3 is 10.2 Å². The summed E-state index contributed by atoms with van der Waals surface area (Å²) in [6.07, 6.45) is 7.88. The largest absolute Gasteiger partial charge is 0.369 e. The first-order valence-electron chi connectivity index (χ1n) is 5.04. The van der Waals surface area contributed by atoms with Gasteiger partial charge in [0.1, 0.15) is 0 Å². The van der Waals surface area contributed by atoms with E-state index in [0.29, 0.717) is 0 Å². The number of nitrogens with zero attached hydrogens (tertiary/aromatic N) is 1. The Morgan fingerprint density at radius 2 is 2.08 bits per heavy atom. The fraction of sp³-hybridized carbons (Fsp3) is 0.545. The van der Waals surface area contributed by atoms with Crippen LogP contribution in [0.1, 0.15) is 13.3 Å². The maximum atomic E-state index is 3.37. The van der Waals surface area contributed by atoms with Gasteiger partial charge in [-0.3, -0.25) is 0 Å². The van der Waals surface area contributed by atoms with Crippen LogP contribution in [0, 0.1) is 6.42 Å². The van der Waals surface area contributed by atoms with Gasteiger partial charge in [0.15, 0.2) is 0 Å². The predicted octanol–water partition coefficient (Wildman–Crippen LogP) is 1.33. The maximum absolute atomic E-state index is 3.37. The highest BCUT2D eigenvalue weighted by Gasteiger charge is 2.15. The van der Waals surface area contributed by atoms with Gasteiger partial charge in [0.25, 0.3) is 0 Å². The van der Waals surface area contributed by atoms with E-state index < -0.39 is 0 Å². The van der Waals surface area contributed by atoms with Crippen LogP contribution in [-0.2, 0) is 0 Å². The van der Waals surface area contributed by atoms with Gasteiger partial charge in [-0.25, -0.2) is 0 Å². The topological polar surface area (TPSA) is 15.3 Å². The molecule has 0 unspecified atom stereocenters. The Kier molecular flexibility index (Phi) is 2.69. The molecule has 0 spiro atoms. The first kappa shape index (κ1) is 8.82. The quantitative estimate of drug-likeness (QED) is 0.650. The lowest BCUT2D eigenvalue weighted by Gasteiger charge is -2.33. The van der Waals surface area contributed by atoms with Crippen molar-refractivity contribution in [1.29, 1.82) is 0 Å². The van der Waals surface area contributed by atoms with Gasteiger partial charge in [0, 0.05) is 31.9 Å². The van der Waals surface area contributed by atoms with Gasteiger partial charge in [-0.2, -0.15) is 0 Å². The molecule has 0 aromatic carbocycles. The molecule has 1 fully saturated rings. The zero-order valence-corrected chi connectivity index (χ0v) is 8.21. The molecule has 0 atom stereocenters. The maximum Gasteiger partial charge on any atom is 0.0353 e. The molecule has 0 aromatic rings. The van der Waals surface area contributed by atoms with E-state index in [4.69, 9.17) is 0 Å². The first-order chi connectivity index (χ1) is 6.38. The number of piperazine rings is 1. The third-order valence-electron chi connectivity index (χ3n) is 2.68. The van der Waals surface area contributed by atoms with Crippen LogP contribution in [0.15, 0.2) is 23.4 Å². The van der Waals surface area contributed by atoms with Crippen LogP contribution in [-0.4, -0.2) is 31.1 Å². The van der Waals surface area contributed by atoms with Crippen LogP contribution >= 0.6 is 0 Å². The van der Waals surface area contributed by atoms with Gasteiger partial charge in [-0.1, -0.05) is 12.2 Å². The summed E-state index contributed by atoms with van der Waals surface area (Å²) in [5.41, 5.74) is 2.86. The highest BCUT2D eigenvalue weighted by Crippen LogP contribution is 2.21. The van der Waals surface area contributed by atoms with E-state index in [1.165, 1.54) is 11.3 Å². The fourth-order valence-electron chi connectivity index (χ4n) is 1.96. The van der Waals surface area contributed by atoms with Gasteiger partial charge >= 0.3 is 0 Å². The van der Waals surface area contributed by atoms with E-state index in [1.54, 1.807) is 0 Å². The van der Waals surface area contributed by atoms with Crippen molar-refractivity contribution in [3.8, 4) is 0 Å². The van der Waals surface area contributed by atoms with Crippen molar-refractivity contribution in [1.82, 2.24) is 10.2 Å². The lowest BCUT2D eigenvalue weighted by atomic mass is 10.0. The standard InChI is InChI=1S/C11H17N2/c1-10-4-2-3-5-11(10)13-8-6-12-7-9-13/h2,4-5,12H,3,6-9H2,1H3. The molecule has 13 heavy (non-hydrogen) atoms. The molecule has 1 radical (unpaired) electrons. The molecule has 1 aliphatic carbocycles. The normalized spacial score (nSPS) is 23.9. The molecule has 2 heteroatoms. The molecule has 2 rings (SSSR count). The molecule has 1 N–H and O–H groups in total. The number of hydrogen-bond acceptors (Lipinski definition) is 2. The van der Waals surface area contributed by atoms with Crippen LogP contribution in [0.2, 0.25) is 0 Å². The van der Waals surface area contributed by atoms with Crippen LogP contribution in [0.3, 0.4) is 0 Å². The summed E-state index contributed by atoms with van der Waals surface area (Å²) in [5.74, 6) is 0. The van der Waals surface area contributed by atoms with E-state index in [-0.39, 0.29) is 0 Å². The highest BCUT2D eigenvalue weighted by atomic mass is 15.2. The average Bonchev–Trinajstić information content (AvgIpc) is 2.20. The van der Waals surface area contributed by atoms with Crippen molar-refractivity contribution >= 4 is 0 Å². The second-order valence-corrected chi connectivity index (χ2v) is 3.65. The van der Waals surface area contributed by atoms with Crippen molar-refractivity contribution < 1.29 is 0 Å². The molecule has 0 aromatic heterocycles. The molecule has 71 valence electrons. The lowest BCUT2D eigenvalue weighted by Crippen LogP contribution is -2.43.